The van der Waals surface area contributed by atoms with Crippen LogP contribution in [0.25, 0.3) is 10.8 Å². The van der Waals surface area contributed by atoms with E-state index in [0.29, 0.717) is 5.69 Å². The third-order valence-electron chi connectivity index (χ3n) is 3.61. The maximum Gasteiger partial charge on any atom is 0.331 e. The van der Waals surface area contributed by atoms with Crippen molar-refractivity contribution in [3.8, 4) is 5.75 Å². The monoisotopic (exact) mass is 333 g/mol. The van der Waals surface area contributed by atoms with E-state index in [-0.39, 0.29) is 13.3 Å². The highest BCUT2D eigenvalue weighted by Crippen LogP contribution is 2.27. The third-order valence-corrected chi connectivity index (χ3v) is 3.61. The summed E-state index contributed by atoms with van der Waals surface area (Å²) in [4.78, 5) is 25.0. The predicted molar refractivity (Wildman–Crippen MR) is 93.3 cm³/mol. The van der Waals surface area contributed by atoms with Crippen molar-refractivity contribution < 1.29 is 24.2 Å². The fraction of sp³-hybridized carbons (Fsp3) is 0.333. The van der Waals surface area contributed by atoms with Crippen LogP contribution in [0.3, 0.4) is 0 Å². The van der Waals surface area contributed by atoms with Gasteiger partial charge in [-0.2, -0.15) is 0 Å². The first kappa shape index (κ1) is 19.4. The number of methoxy groups -OCH3 is 2. The van der Waals surface area contributed by atoms with Crippen molar-refractivity contribution in [3.05, 3.63) is 36.4 Å². The first-order chi connectivity index (χ1) is 11.0. The number of aliphatic hydroxyl groups is 1. The van der Waals surface area contributed by atoms with Gasteiger partial charge in [0.25, 0.3) is 0 Å². The number of nitrogens with zero attached hydrogens (tertiary/aromatic N) is 1. The summed E-state index contributed by atoms with van der Waals surface area (Å²) in [5.74, 6) is -0.295. The second kappa shape index (κ2) is 8.31. The molecule has 2 rings (SSSR count). The van der Waals surface area contributed by atoms with E-state index in [2.05, 4.69) is 4.74 Å². The molecule has 6 nitrogen and oxygen atoms in total. The fourth-order valence-corrected chi connectivity index (χ4v) is 2.47. The van der Waals surface area contributed by atoms with Crippen molar-refractivity contribution in [2.45, 2.75) is 20.4 Å². The first-order valence-electron chi connectivity index (χ1n) is 7.08. The Morgan fingerprint density at radius 2 is 1.75 bits per heavy atom. The van der Waals surface area contributed by atoms with Crippen LogP contribution in [-0.4, -0.2) is 43.9 Å². The lowest BCUT2D eigenvalue weighted by Gasteiger charge is -2.28. The van der Waals surface area contributed by atoms with Crippen LogP contribution in [0.1, 0.15) is 14.4 Å². The number of amides is 1. The summed E-state index contributed by atoms with van der Waals surface area (Å²) in [7, 11) is 2.81. The first-order valence-corrected chi connectivity index (χ1v) is 7.08. The number of benzene rings is 2. The topological polar surface area (TPSA) is 76.1 Å². The molecule has 0 saturated carbocycles. The van der Waals surface area contributed by atoms with Crippen LogP contribution in [0.5, 0.6) is 5.75 Å². The second-order valence-electron chi connectivity index (χ2n) is 5.01. The number of carbonyl (C=O) groups is 2. The molecule has 0 aliphatic heterocycles. The molecule has 0 heterocycles. The molecule has 0 bridgehead atoms. The molecule has 0 spiro atoms. The van der Waals surface area contributed by atoms with Gasteiger partial charge < -0.3 is 14.6 Å². The molecule has 24 heavy (non-hydrogen) atoms. The number of hydrogen-bond donors (Lipinski definition) is 1. The van der Waals surface area contributed by atoms with Gasteiger partial charge in [0, 0.05) is 12.6 Å². The number of hydrogen-bond acceptors (Lipinski definition) is 5. The van der Waals surface area contributed by atoms with Crippen LogP contribution in [0.15, 0.2) is 36.4 Å². The van der Waals surface area contributed by atoms with Gasteiger partial charge in [0.2, 0.25) is 5.91 Å². The molecule has 6 heteroatoms. The Kier molecular flexibility index (Phi) is 6.73. The molecular formula is C18H23NO5. The minimum atomic E-state index is -1.08. The number of fused-ring (bicyclic) bond motifs is 1. The maximum atomic E-state index is 12.0. The van der Waals surface area contributed by atoms with Gasteiger partial charge in [0.05, 0.1) is 20.8 Å². The summed E-state index contributed by atoms with van der Waals surface area (Å²) in [6.45, 7) is 0.816. The van der Waals surface area contributed by atoms with Crippen LogP contribution in [0, 0.1) is 0 Å². The van der Waals surface area contributed by atoms with E-state index in [1.165, 1.54) is 18.9 Å². The summed E-state index contributed by atoms with van der Waals surface area (Å²) >= 11 is 0. The molecule has 2 aromatic carbocycles. The van der Waals surface area contributed by atoms with Crippen molar-refractivity contribution >= 4 is 28.3 Å². The molecule has 0 fully saturated rings. The van der Waals surface area contributed by atoms with E-state index in [1.807, 2.05) is 24.3 Å². The Balaban J connectivity index is 0.00000288. The molecule has 0 saturated heterocycles. The number of carbonyl (C=O) groups excluding carboxylic acids is 2. The molecule has 0 aliphatic rings. The Hall–Kier alpha value is -2.60. The molecule has 2 aromatic rings. The zero-order valence-electron chi connectivity index (χ0n) is 13.3. The molecule has 1 unspecified atom stereocenters. The number of anilines is 1. The Morgan fingerprint density at radius 3 is 2.29 bits per heavy atom. The second-order valence-corrected chi connectivity index (χ2v) is 5.01. The highest BCUT2D eigenvalue weighted by molar-refractivity contribution is 6.00. The van der Waals surface area contributed by atoms with Crippen LogP contribution < -0.4 is 9.64 Å². The van der Waals surface area contributed by atoms with Gasteiger partial charge in [-0.1, -0.05) is 19.6 Å². The lowest BCUT2D eigenvalue weighted by molar-refractivity contribution is -0.144. The Morgan fingerprint density at radius 1 is 1.12 bits per heavy atom. The number of ether oxygens (including phenoxy) is 2. The van der Waals surface area contributed by atoms with Crippen molar-refractivity contribution in [2.75, 3.05) is 25.7 Å². The van der Waals surface area contributed by atoms with Gasteiger partial charge in [-0.05, 0) is 35.0 Å². The van der Waals surface area contributed by atoms with E-state index in [0.717, 1.165) is 16.5 Å². The standard InChI is InChI=1S/C17H19NO5.CH4/c1-11(20)18(16(10-19)17(21)23-3)14-6-4-13-9-15(22-2)7-5-12(13)8-14;/h4-9,16,19H,10H2,1-3H3;1H4. The summed E-state index contributed by atoms with van der Waals surface area (Å²) in [5.41, 5.74) is 0.514. The summed E-state index contributed by atoms with van der Waals surface area (Å²) in [5, 5.41) is 11.3. The van der Waals surface area contributed by atoms with Gasteiger partial charge in [0.15, 0.2) is 6.04 Å². The minimum absolute atomic E-state index is 0. The normalized spacial score (nSPS) is 11.3. The number of esters is 1. The van der Waals surface area contributed by atoms with Crippen LogP contribution in [0.2, 0.25) is 0 Å². The molecule has 1 N–H and O–H groups in total. The number of rotatable bonds is 5. The Labute approximate surface area is 141 Å². The van der Waals surface area contributed by atoms with Gasteiger partial charge in [0.1, 0.15) is 5.75 Å². The molecule has 1 atom stereocenters. The molecule has 0 radical (unpaired) electrons. The fourth-order valence-electron chi connectivity index (χ4n) is 2.47. The van der Waals surface area contributed by atoms with Crippen LogP contribution in [-0.2, 0) is 14.3 Å². The van der Waals surface area contributed by atoms with Crippen molar-refractivity contribution in [1.29, 1.82) is 0 Å². The lowest BCUT2D eigenvalue weighted by Crippen LogP contribution is -2.47. The zero-order valence-corrected chi connectivity index (χ0v) is 13.3. The van der Waals surface area contributed by atoms with E-state index >= 15 is 0 Å². The molecular weight excluding hydrogens is 310 g/mol. The molecule has 130 valence electrons. The number of aliphatic hydroxyl groups excluding tert-OH is 1. The van der Waals surface area contributed by atoms with E-state index in [9.17, 15) is 14.7 Å². The lowest BCUT2D eigenvalue weighted by atomic mass is 10.1. The SMILES string of the molecule is C.COC(=O)C(CO)N(C(C)=O)c1ccc2cc(OC)ccc2c1. The minimum Gasteiger partial charge on any atom is -0.497 e. The molecule has 0 aliphatic carbocycles. The van der Waals surface area contributed by atoms with E-state index in [1.54, 1.807) is 19.2 Å². The van der Waals surface area contributed by atoms with Gasteiger partial charge >= 0.3 is 5.97 Å². The van der Waals surface area contributed by atoms with Crippen LogP contribution >= 0.6 is 0 Å². The quantitative estimate of drug-likeness (QED) is 0.850. The third kappa shape index (κ3) is 3.83. The highest BCUT2D eigenvalue weighted by Gasteiger charge is 2.29. The zero-order chi connectivity index (χ0) is 17.0. The molecule has 1 amide bonds. The van der Waals surface area contributed by atoms with E-state index in [4.69, 9.17) is 4.74 Å². The largest absolute Gasteiger partial charge is 0.497 e. The average molecular weight is 333 g/mol. The van der Waals surface area contributed by atoms with Gasteiger partial charge in [-0.25, -0.2) is 4.79 Å². The molecule has 0 aromatic heterocycles. The maximum absolute atomic E-state index is 12.0. The van der Waals surface area contributed by atoms with Crippen molar-refractivity contribution in [2.24, 2.45) is 0 Å². The van der Waals surface area contributed by atoms with Gasteiger partial charge in [-0.3, -0.25) is 9.69 Å². The summed E-state index contributed by atoms with van der Waals surface area (Å²) in [6.07, 6.45) is 0. The van der Waals surface area contributed by atoms with Crippen molar-refractivity contribution in [1.82, 2.24) is 0 Å². The van der Waals surface area contributed by atoms with Crippen LogP contribution in [0.4, 0.5) is 5.69 Å². The smallest absolute Gasteiger partial charge is 0.331 e. The van der Waals surface area contributed by atoms with Gasteiger partial charge in [-0.15, -0.1) is 0 Å². The predicted octanol–water partition coefficient (Wildman–Crippen LogP) is 2.37. The average Bonchev–Trinajstić information content (AvgIpc) is 2.57. The summed E-state index contributed by atoms with van der Waals surface area (Å²) < 4.78 is 9.85. The highest BCUT2D eigenvalue weighted by atomic mass is 16.5. The Bertz CT molecular complexity index is 728. The van der Waals surface area contributed by atoms with E-state index < -0.39 is 18.6 Å². The summed E-state index contributed by atoms with van der Waals surface area (Å²) in [6, 6.07) is 9.80. The van der Waals surface area contributed by atoms with Crippen molar-refractivity contribution in [3.63, 3.8) is 0 Å².